The molecule has 1 saturated heterocycles. The van der Waals surface area contributed by atoms with E-state index in [0.29, 0.717) is 24.8 Å². The zero-order valence-corrected chi connectivity index (χ0v) is 16.6. The number of piperidine rings is 1. The van der Waals surface area contributed by atoms with Crippen molar-refractivity contribution in [3.8, 4) is 5.75 Å². The van der Waals surface area contributed by atoms with Gasteiger partial charge >= 0.3 is 0 Å². The monoisotopic (exact) mass is 426 g/mol. The molecule has 0 radical (unpaired) electrons. The highest BCUT2D eigenvalue weighted by Crippen LogP contribution is 2.31. The summed E-state index contributed by atoms with van der Waals surface area (Å²) in [4.78, 5) is 0.231. The van der Waals surface area contributed by atoms with Crippen LogP contribution in [-0.2, 0) is 10.0 Å². The Hall–Kier alpha value is -0.340. The number of methoxy groups -OCH3 is 1. The van der Waals surface area contributed by atoms with E-state index in [4.69, 9.17) is 4.74 Å². The van der Waals surface area contributed by atoms with Crippen molar-refractivity contribution < 1.29 is 13.2 Å². The first kappa shape index (κ1) is 20.7. The first-order chi connectivity index (χ1) is 10.5. The van der Waals surface area contributed by atoms with Crippen molar-refractivity contribution in [2.24, 2.45) is 5.92 Å². The molecule has 1 aliphatic rings. The summed E-state index contributed by atoms with van der Waals surface area (Å²) in [6, 6.07) is 5.06. The summed E-state index contributed by atoms with van der Waals surface area (Å²) in [5.74, 6) is 0.939. The summed E-state index contributed by atoms with van der Waals surface area (Å²) in [7, 11) is -2.02. The predicted octanol–water partition coefficient (Wildman–Crippen LogP) is 2.89. The second-order valence-corrected chi connectivity index (χ2v) is 8.27. The molecule has 0 unspecified atom stereocenters. The largest absolute Gasteiger partial charge is 0.495 e. The van der Waals surface area contributed by atoms with Gasteiger partial charge in [-0.2, -0.15) is 4.31 Å². The van der Waals surface area contributed by atoms with Crippen molar-refractivity contribution in [2.45, 2.75) is 24.7 Å². The van der Waals surface area contributed by atoms with Crippen LogP contribution in [0.4, 0.5) is 0 Å². The van der Waals surface area contributed by atoms with Gasteiger partial charge in [-0.15, -0.1) is 12.4 Å². The summed E-state index contributed by atoms with van der Waals surface area (Å²) in [6.45, 7) is 5.12. The first-order valence-corrected chi connectivity index (χ1v) is 9.76. The molecule has 0 saturated carbocycles. The van der Waals surface area contributed by atoms with E-state index in [9.17, 15) is 8.42 Å². The predicted molar refractivity (Wildman–Crippen MR) is 98.0 cm³/mol. The molecule has 0 spiro atoms. The van der Waals surface area contributed by atoms with Gasteiger partial charge in [-0.1, -0.05) is 22.9 Å². The Balaban J connectivity index is 0.00000264. The van der Waals surface area contributed by atoms with Crippen molar-refractivity contribution >= 4 is 38.4 Å². The molecule has 0 bridgehead atoms. The van der Waals surface area contributed by atoms with Gasteiger partial charge in [0.1, 0.15) is 10.6 Å². The van der Waals surface area contributed by atoms with Crippen LogP contribution in [0.2, 0.25) is 0 Å². The number of benzene rings is 1. The number of hydrogen-bond donors (Lipinski definition) is 1. The van der Waals surface area contributed by atoms with Crippen molar-refractivity contribution in [3.05, 3.63) is 22.7 Å². The van der Waals surface area contributed by atoms with Gasteiger partial charge in [0.25, 0.3) is 0 Å². The van der Waals surface area contributed by atoms with Crippen LogP contribution in [-0.4, -0.2) is 46.0 Å². The van der Waals surface area contributed by atoms with Gasteiger partial charge in [-0.05, 0) is 50.0 Å². The molecule has 2 rings (SSSR count). The van der Waals surface area contributed by atoms with Gasteiger partial charge in [-0.25, -0.2) is 8.42 Å². The number of hydrogen-bond acceptors (Lipinski definition) is 4. The van der Waals surface area contributed by atoms with Crippen LogP contribution in [0.3, 0.4) is 0 Å². The molecule has 132 valence electrons. The van der Waals surface area contributed by atoms with Crippen LogP contribution in [0.15, 0.2) is 27.6 Å². The van der Waals surface area contributed by atoms with E-state index in [-0.39, 0.29) is 17.3 Å². The smallest absolute Gasteiger partial charge is 0.246 e. The van der Waals surface area contributed by atoms with Crippen LogP contribution in [0.25, 0.3) is 0 Å². The SMILES string of the molecule is CCNCC1CCN(S(=O)(=O)c2cc(Br)ccc2OC)CC1.Cl. The van der Waals surface area contributed by atoms with Crippen LogP contribution in [0.5, 0.6) is 5.75 Å². The molecule has 8 heteroatoms. The fourth-order valence-corrected chi connectivity index (χ4v) is 4.86. The molecule has 1 aliphatic heterocycles. The van der Waals surface area contributed by atoms with Gasteiger partial charge in [0.05, 0.1) is 7.11 Å². The minimum atomic E-state index is -3.51. The molecule has 1 N–H and O–H groups in total. The second-order valence-electron chi connectivity index (χ2n) is 5.45. The summed E-state index contributed by atoms with van der Waals surface area (Å²) in [5, 5.41) is 3.33. The number of nitrogens with one attached hydrogen (secondary N) is 1. The van der Waals surface area contributed by atoms with Crippen LogP contribution >= 0.6 is 28.3 Å². The standard InChI is InChI=1S/C15H23BrN2O3S.ClH/c1-3-17-11-12-6-8-18(9-7-12)22(19,20)15-10-13(16)4-5-14(15)21-2;/h4-5,10,12,17H,3,6-9,11H2,1-2H3;1H. The lowest BCUT2D eigenvalue weighted by Crippen LogP contribution is -2.40. The molecular formula is C15H24BrClN2O3S. The van der Waals surface area contributed by atoms with Crippen LogP contribution in [0, 0.1) is 5.92 Å². The fourth-order valence-electron chi connectivity index (χ4n) is 2.69. The lowest BCUT2D eigenvalue weighted by atomic mass is 9.98. The number of halogens is 2. The minimum absolute atomic E-state index is 0. The number of sulfonamides is 1. The van der Waals surface area contributed by atoms with Crippen molar-refractivity contribution in [1.82, 2.24) is 9.62 Å². The van der Waals surface area contributed by atoms with Gasteiger partial charge in [0.15, 0.2) is 0 Å². The van der Waals surface area contributed by atoms with E-state index in [1.54, 1.807) is 22.5 Å². The van der Waals surface area contributed by atoms with Crippen molar-refractivity contribution in [1.29, 1.82) is 0 Å². The molecule has 1 heterocycles. The number of rotatable bonds is 6. The highest BCUT2D eigenvalue weighted by atomic mass is 79.9. The zero-order valence-electron chi connectivity index (χ0n) is 13.4. The van der Waals surface area contributed by atoms with E-state index in [1.165, 1.54) is 7.11 Å². The number of nitrogens with zero attached hydrogens (tertiary/aromatic N) is 1. The quantitative estimate of drug-likeness (QED) is 0.758. The Morgan fingerprint density at radius 2 is 2.00 bits per heavy atom. The molecule has 0 aromatic heterocycles. The minimum Gasteiger partial charge on any atom is -0.495 e. The summed E-state index contributed by atoms with van der Waals surface area (Å²) in [5.41, 5.74) is 0. The maximum absolute atomic E-state index is 12.8. The third kappa shape index (κ3) is 5.06. The molecular weight excluding hydrogens is 404 g/mol. The van der Waals surface area contributed by atoms with E-state index >= 15 is 0 Å². The van der Waals surface area contributed by atoms with E-state index < -0.39 is 10.0 Å². The van der Waals surface area contributed by atoms with Gasteiger partial charge in [-0.3, -0.25) is 0 Å². The molecule has 1 fully saturated rings. The third-order valence-electron chi connectivity index (χ3n) is 4.00. The normalized spacial score (nSPS) is 16.8. The lowest BCUT2D eigenvalue weighted by molar-refractivity contribution is 0.267. The Kier molecular flexibility index (Phi) is 8.30. The molecule has 0 atom stereocenters. The average molecular weight is 428 g/mol. The molecule has 0 aliphatic carbocycles. The Morgan fingerprint density at radius 1 is 1.35 bits per heavy atom. The molecule has 23 heavy (non-hydrogen) atoms. The maximum atomic E-state index is 12.8. The molecule has 1 aromatic carbocycles. The van der Waals surface area contributed by atoms with E-state index in [1.807, 2.05) is 0 Å². The Bertz CT molecular complexity index is 605. The van der Waals surface area contributed by atoms with Gasteiger partial charge in [0, 0.05) is 17.6 Å². The molecule has 5 nitrogen and oxygen atoms in total. The summed E-state index contributed by atoms with van der Waals surface area (Å²) < 4.78 is 33.2. The summed E-state index contributed by atoms with van der Waals surface area (Å²) in [6.07, 6.45) is 1.78. The van der Waals surface area contributed by atoms with E-state index in [2.05, 4.69) is 28.2 Å². The van der Waals surface area contributed by atoms with Crippen molar-refractivity contribution in [2.75, 3.05) is 33.3 Å². The molecule has 0 amide bonds. The maximum Gasteiger partial charge on any atom is 0.246 e. The lowest BCUT2D eigenvalue weighted by Gasteiger charge is -2.31. The fraction of sp³-hybridized carbons (Fsp3) is 0.600. The highest BCUT2D eigenvalue weighted by Gasteiger charge is 2.31. The zero-order chi connectivity index (χ0) is 16.2. The van der Waals surface area contributed by atoms with Crippen LogP contribution < -0.4 is 10.1 Å². The van der Waals surface area contributed by atoms with Gasteiger partial charge in [0.2, 0.25) is 10.0 Å². The topological polar surface area (TPSA) is 58.6 Å². The van der Waals surface area contributed by atoms with Crippen molar-refractivity contribution in [3.63, 3.8) is 0 Å². The molecule has 1 aromatic rings. The second kappa shape index (κ2) is 9.22. The first-order valence-electron chi connectivity index (χ1n) is 7.53. The van der Waals surface area contributed by atoms with Gasteiger partial charge < -0.3 is 10.1 Å². The Labute approximate surface area is 153 Å². The number of ether oxygens (including phenoxy) is 1. The summed E-state index contributed by atoms with van der Waals surface area (Å²) >= 11 is 3.33. The average Bonchev–Trinajstić information content (AvgIpc) is 2.53. The van der Waals surface area contributed by atoms with E-state index in [0.717, 1.165) is 30.4 Å². The Morgan fingerprint density at radius 3 is 2.57 bits per heavy atom. The van der Waals surface area contributed by atoms with Crippen LogP contribution in [0.1, 0.15) is 19.8 Å². The highest BCUT2D eigenvalue weighted by molar-refractivity contribution is 9.10. The third-order valence-corrected chi connectivity index (χ3v) is 6.41.